The Morgan fingerprint density at radius 1 is 0.817 bits per heavy atom. The number of ketones is 1. The average molecular weight is 1250 g/mol. The number of fused-ring (bicyclic) bond motifs is 5. The Morgan fingerprint density at radius 2 is 1.38 bits per heavy atom. The number of rotatable bonds is 8. The second-order valence-electron chi connectivity index (χ2n) is 17.0. The van der Waals surface area contributed by atoms with Gasteiger partial charge in [0, 0.05) is 124 Å². The summed E-state index contributed by atoms with van der Waals surface area (Å²) in [6.45, 7) is 6.16. The summed E-state index contributed by atoms with van der Waals surface area (Å²) in [5, 5.41) is 63.2. The van der Waals surface area contributed by atoms with Crippen LogP contribution < -0.4 is 5.32 Å². The summed E-state index contributed by atoms with van der Waals surface area (Å²) in [6.07, 6.45) is -9.47. The van der Waals surface area contributed by atoms with Crippen LogP contribution in [0, 0.1) is 105 Å². The molecule has 1 aliphatic heterocycles. The maximum atomic E-state index is 14.9. The van der Waals surface area contributed by atoms with Gasteiger partial charge in [0.15, 0.2) is 11.9 Å². The van der Waals surface area contributed by atoms with Gasteiger partial charge in [0.1, 0.15) is 23.9 Å². The van der Waals surface area contributed by atoms with E-state index in [2.05, 4.69) is 5.32 Å². The molecule has 2 radical (unpaired) electrons. The Hall–Kier alpha value is -1.88. The zero-order chi connectivity index (χ0) is 41.8. The second kappa shape index (κ2) is 19.1. The number of aliphatic hydroxyl groups is 5. The molecule has 2 bridgehead atoms. The van der Waals surface area contributed by atoms with E-state index < -0.39 is 94.2 Å². The van der Waals surface area contributed by atoms with Crippen LogP contribution in [0.2, 0.25) is 0 Å². The van der Waals surface area contributed by atoms with Crippen LogP contribution >= 0.6 is 0 Å². The normalized spacial score (nSPS) is 32.8. The third kappa shape index (κ3) is 8.81. The first-order valence-electron chi connectivity index (χ1n) is 19.7. The molecule has 3 aromatic carbocycles. The van der Waals surface area contributed by atoms with Crippen molar-refractivity contribution in [3.63, 3.8) is 0 Å². The summed E-state index contributed by atoms with van der Waals surface area (Å²) in [5.74, 6) is -4.33. The number of aliphatic hydroxyl groups excluding tert-OH is 3. The van der Waals surface area contributed by atoms with E-state index in [9.17, 15) is 44.7 Å². The minimum atomic E-state index is -1.95. The van der Waals surface area contributed by atoms with Crippen LogP contribution in [0.4, 0.5) is 0 Å². The van der Waals surface area contributed by atoms with Crippen molar-refractivity contribution < 1.29 is 147 Å². The quantitative estimate of drug-likeness (QED) is 0.142. The number of esters is 2. The fraction of sp³-hybridized carbons (Fsp3) is 0.467. The predicted octanol–water partition coefficient (Wildman–Crippen LogP) is 3.37. The van der Waals surface area contributed by atoms with Crippen molar-refractivity contribution in [2.75, 3.05) is 6.61 Å². The molecule has 3 aliphatic carbocycles. The van der Waals surface area contributed by atoms with Crippen LogP contribution in [0.1, 0.15) is 85.7 Å². The molecule has 6 N–H and O–H groups in total. The summed E-state index contributed by atoms with van der Waals surface area (Å²) in [6, 6.07) is 23.6. The molecule has 10 unspecified atom stereocenters. The van der Waals surface area contributed by atoms with Crippen molar-refractivity contribution in [1.82, 2.24) is 5.32 Å². The van der Waals surface area contributed by atoms with Gasteiger partial charge in [0.2, 0.25) is 0 Å². The first kappa shape index (κ1) is 49.1. The minimum absolute atomic E-state index is 0. The van der Waals surface area contributed by atoms with Gasteiger partial charge in [-0.3, -0.25) is 9.59 Å². The molecule has 60 heavy (non-hydrogen) atoms. The number of hydrogen-bond acceptors (Lipinski definition) is 12. The molecule has 314 valence electrons. The van der Waals surface area contributed by atoms with Crippen molar-refractivity contribution in [3.05, 3.63) is 119 Å². The Bertz CT molecular complexity index is 2090. The average Bonchev–Trinajstić information content (AvgIpc) is 3.21. The van der Waals surface area contributed by atoms with Gasteiger partial charge in [-0.05, 0) is 61.2 Å². The van der Waals surface area contributed by atoms with Crippen LogP contribution in [-0.2, 0) is 23.8 Å². The number of ether oxygens (including phenoxy) is 3. The van der Waals surface area contributed by atoms with Crippen molar-refractivity contribution in [2.24, 2.45) is 16.7 Å². The number of carbonyl (C=O) groups excluding carboxylic acids is 4. The first-order chi connectivity index (χ1) is 27.4. The minimum Gasteiger partial charge on any atom is -0.459 e. The largest absolute Gasteiger partial charge is 0.459 e. The monoisotopic (exact) mass is 1250 g/mol. The summed E-state index contributed by atoms with van der Waals surface area (Å²) in [5.41, 5.74) is -5.60. The zero-order valence-corrected chi connectivity index (χ0v) is 43.6. The van der Waals surface area contributed by atoms with Gasteiger partial charge in [-0.2, -0.15) is 0 Å². The van der Waals surface area contributed by atoms with E-state index >= 15 is 0 Å². The first-order valence-corrected chi connectivity index (χ1v) is 19.7. The van der Waals surface area contributed by atoms with Crippen molar-refractivity contribution in [1.29, 1.82) is 0 Å². The summed E-state index contributed by atoms with van der Waals surface area (Å²) in [7, 11) is 0. The van der Waals surface area contributed by atoms with Gasteiger partial charge in [-0.1, -0.05) is 80.6 Å². The summed E-state index contributed by atoms with van der Waals surface area (Å²) >= 11 is 0. The molecule has 1 amide bonds. The van der Waals surface area contributed by atoms with E-state index in [1.165, 1.54) is 6.92 Å². The standard InChI is InChI=1S/C45H51NO12.2Ac/c1-25-30(58-41(53)37(49)35(26-14-8-5-9-15-26)46-39(51)27-16-10-6-11-17-27)23-44(54)22-29(57-40(52)28-18-12-7-13-19-28)20-31-43(4,32(47)21-33-45(31,55)24-56-33)38(50)36(48)34(25)42(44,2)3;;/h5-19,29-33,35-37,47-49,54-55H,20-24H2,1-4H3,(H,46,51);;/t29-,30?,31?,32?,33?,35?,36?,37?,43?,44?,45?;;/m0../s1. The molecular formula is C45H51Ac2NO12. The van der Waals surface area contributed by atoms with Crippen LogP contribution in [0.3, 0.4) is 0 Å². The number of amides is 1. The SMILES string of the molecule is CC1=C2C(O)C(=O)C3(C)C(O)CC4OCC4(O)C3C[C@H](OC(=O)c3ccccc3)CC(O)(CC1OC(=O)C(O)C(NC(=O)c1ccccc1)c1ccccc1)C2(C)C.[Ac].[Ac]. The van der Waals surface area contributed by atoms with Gasteiger partial charge in [-0.15, -0.1) is 0 Å². The summed E-state index contributed by atoms with van der Waals surface area (Å²) < 4.78 is 17.8. The molecule has 1 heterocycles. The molecule has 3 fully saturated rings. The predicted molar refractivity (Wildman–Crippen MR) is 208 cm³/mol. The molecule has 2 saturated carbocycles. The second-order valence-corrected chi connectivity index (χ2v) is 17.0. The fourth-order valence-corrected chi connectivity index (χ4v) is 9.81. The van der Waals surface area contributed by atoms with Crippen LogP contribution in [0.5, 0.6) is 0 Å². The van der Waals surface area contributed by atoms with Crippen molar-refractivity contribution >= 4 is 23.6 Å². The molecule has 15 heteroatoms. The van der Waals surface area contributed by atoms with E-state index in [0.717, 1.165) is 0 Å². The number of benzene rings is 3. The van der Waals surface area contributed by atoms with E-state index in [1.807, 2.05) is 0 Å². The van der Waals surface area contributed by atoms with Gasteiger partial charge in [0.05, 0.1) is 41.4 Å². The maximum absolute atomic E-state index is 14.9. The van der Waals surface area contributed by atoms with Gasteiger partial charge < -0.3 is 45.1 Å². The smallest absolute Gasteiger partial charge is 0.338 e. The van der Waals surface area contributed by atoms with E-state index in [-0.39, 0.29) is 137 Å². The molecule has 0 spiro atoms. The Morgan fingerprint density at radius 3 is 1.95 bits per heavy atom. The van der Waals surface area contributed by atoms with Gasteiger partial charge in [-0.25, -0.2) is 9.59 Å². The van der Waals surface area contributed by atoms with Gasteiger partial charge in [0.25, 0.3) is 5.91 Å². The van der Waals surface area contributed by atoms with Crippen LogP contribution in [0.15, 0.2) is 102 Å². The number of nitrogens with one attached hydrogen (secondary N) is 1. The third-order valence-electron chi connectivity index (χ3n) is 13.5. The van der Waals surface area contributed by atoms with Crippen LogP contribution in [-0.4, -0.2) is 104 Å². The Kier molecular flexibility index (Phi) is 15.6. The summed E-state index contributed by atoms with van der Waals surface area (Å²) in [4.78, 5) is 55.9. The zero-order valence-electron chi connectivity index (χ0n) is 34.1. The molecule has 3 aromatic rings. The number of Topliss-reactive ketones (excluding diaryl/α,β-unsaturated/α-hetero) is 1. The van der Waals surface area contributed by atoms with Gasteiger partial charge >= 0.3 is 11.9 Å². The number of carbonyl (C=O) groups is 4. The number of hydrogen-bond donors (Lipinski definition) is 6. The third-order valence-corrected chi connectivity index (χ3v) is 13.5. The molecule has 4 aliphatic rings. The maximum Gasteiger partial charge on any atom is 0.338 e. The fourth-order valence-electron chi connectivity index (χ4n) is 9.81. The molecule has 11 atom stereocenters. The van der Waals surface area contributed by atoms with Crippen molar-refractivity contribution in [2.45, 2.75) is 107 Å². The molecule has 1 saturated heterocycles. The Labute approximate surface area is 420 Å². The van der Waals surface area contributed by atoms with Crippen molar-refractivity contribution in [3.8, 4) is 0 Å². The Balaban J connectivity index is 0.00000341. The van der Waals surface area contributed by atoms with E-state index in [4.69, 9.17) is 14.2 Å². The molecule has 13 nitrogen and oxygen atoms in total. The molecular weight excluding hydrogens is 1200 g/mol. The topological polar surface area (TPSA) is 209 Å². The molecule has 7 rings (SSSR count). The van der Waals surface area contributed by atoms with E-state index in [0.29, 0.717) is 11.1 Å². The van der Waals surface area contributed by atoms with Crippen LogP contribution in [0.25, 0.3) is 0 Å². The van der Waals surface area contributed by atoms with E-state index in [1.54, 1.807) is 112 Å². The molecule has 0 aromatic heterocycles.